The van der Waals surface area contributed by atoms with Gasteiger partial charge in [0.1, 0.15) is 5.65 Å². The Morgan fingerprint density at radius 2 is 1.94 bits per heavy atom. The maximum Gasteiger partial charge on any atom is 0.332 e. The molecule has 3 aromatic rings. The summed E-state index contributed by atoms with van der Waals surface area (Å²) in [4.78, 5) is 45.4. The zero-order valence-corrected chi connectivity index (χ0v) is 18.9. The minimum Gasteiger partial charge on any atom is -0.311 e. The molecule has 0 spiro atoms. The van der Waals surface area contributed by atoms with Crippen molar-refractivity contribution in [2.75, 3.05) is 17.2 Å². The molecule has 3 heterocycles. The van der Waals surface area contributed by atoms with Crippen LogP contribution in [0.4, 0.5) is 5.69 Å². The summed E-state index contributed by atoms with van der Waals surface area (Å²) in [5, 5.41) is 0.415. The molecule has 1 aliphatic heterocycles. The van der Waals surface area contributed by atoms with Crippen LogP contribution in [0, 0.1) is 0 Å². The number of hydrogen-bond donors (Lipinski definition) is 0. The maximum absolute atomic E-state index is 13.1. The van der Waals surface area contributed by atoms with Crippen molar-refractivity contribution >= 4 is 34.4 Å². The van der Waals surface area contributed by atoms with Gasteiger partial charge in [0.25, 0.3) is 5.56 Å². The van der Waals surface area contributed by atoms with Gasteiger partial charge in [-0.1, -0.05) is 31.5 Å². The van der Waals surface area contributed by atoms with Gasteiger partial charge in [-0.15, -0.1) is 11.8 Å². The summed E-state index contributed by atoms with van der Waals surface area (Å²) in [6.45, 7) is 2.78. The molecule has 0 atom stereocenters. The predicted octanol–water partition coefficient (Wildman–Crippen LogP) is 2.66. The summed E-state index contributed by atoms with van der Waals surface area (Å²) in [5.41, 5.74) is 2.68. The Kier molecular flexibility index (Phi) is 6.00. The van der Waals surface area contributed by atoms with Crippen molar-refractivity contribution in [1.82, 2.24) is 14.1 Å². The van der Waals surface area contributed by atoms with Gasteiger partial charge in [-0.3, -0.25) is 18.7 Å². The van der Waals surface area contributed by atoms with E-state index >= 15 is 0 Å². The number of hydrogen-bond acceptors (Lipinski definition) is 5. The van der Waals surface area contributed by atoms with Gasteiger partial charge >= 0.3 is 5.69 Å². The molecule has 0 saturated heterocycles. The van der Waals surface area contributed by atoms with Crippen molar-refractivity contribution in [3.8, 4) is 0 Å². The molecular formula is C23H26N4O3S. The first-order valence-electron chi connectivity index (χ1n) is 10.5. The van der Waals surface area contributed by atoms with E-state index in [0.29, 0.717) is 17.6 Å². The first-order valence-corrected chi connectivity index (χ1v) is 11.5. The second-order valence-corrected chi connectivity index (χ2v) is 8.82. The third-order valence-corrected chi connectivity index (χ3v) is 6.97. The van der Waals surface area contributed by atoms with Crippen LogP contribution in [0.25, 0.3) is 11.0 Å². The third-order valence-electron chi connectivity index (χ3n) is 5.82. The standard InChI is InChI=1S/C23H26N4O3S/c1-4-5-8-16-13-24-21-19(22(29)26(3)23(30)25(21)2)20(16)31-14-18(28)27-12-11-15-9-6-7-10-17(15)27/h6-7,9-10,13H,4-5,8,11-12,14H2,1-3H3. The summed E-state index contributed by atoms with van der Waals surface area (Å²) < 4.78 is 2.50. The topological polar surface area (TPSA) is 77.2 Å². The number of carbonyl (C=O) groups excluding carboxylic acids is 1. The lowest BCUT2D eigenvalue weighted by atomic mass is 10.1. The van der Waals surface area contributed by atoms with Gasteiger partial charge in [-0.25, -0.2) is 9.78 Å². The number of unbranched alkanes of at least 4 members (excludes halogenated alkanes) is 1. The lowest BCUT2D eigenvalue weighted by Crippen LogP contribution is -2.37. The van der Waals surface area contributed by atoms with E-state index in [1.54, 1.807) is 13.2 Å². The van der Waals surface area contributed by atoms with Crippen LogP contribution in [0.3, 0.4) is 0 Å². The van der Waals surface area contributed by atoms with E-state index in [0.717, 1.165) is 46.4 Å². The Bertz CT molecular complexity index is 1280. The normalized spacial score (nSPS) is 13.1. The first kappa shape index (κ1) is 21.4. The van der Waals surface area contributed by atoms with Crippen molar-refractivity contribution < 1.29 is 4.79 Å². The number of fused-ring (bicyclic) bond motifs is 2. The van der Waals surface area contributed by atoms with Crippen molar-refractivity contribution in [3.05, 3.63) is 62.4 Å². The Morgan fingerprint density at radius 1 is 1.16 bits per heavy atom. The lowest BCUT2D eigenvalue weighted by molar-refractivity contribution is -0.116. The molecule has 31 heavy (non-hydrogen) atoms. The van der Waals surface area contributed by atoms with E-state index in [1.165, 1.54) is 28.9 Å². The van der Waals surface area contributed by atoms with Gasteiger partial charge < -0.3 is 4.90 Å². The molecule has 2 aromatic heterocycles. The van der Waals surface area contributed by atoms with E-state index < -0.39 is 5.69 Å². The van der Waals surface area contributed by atoms with Crippen LogP contribution < -0.4 is 16.1 Å². The number of aryl methyl sites for hydroxylation is 2. The van der Waals surface area contributed by atoms with E-state index in [1.807, 2.05) is 23.1 Å². The van der Waals surface area contributed by atoms with Gasteiger partial charge in [0.2, 0.25) is 5.91 Å². The molecule has 4 rings (SSSR count). The number of thioether (sulfide) groups is 1. The van der Waals surface area contributed by atoms with Crippen molar-refractivity contribution in [3.63, 3.8) is 0 Å². The molecule has 7 nitrogen and oxygen atoms in total. The quantitative estimate of drug-likeness (QED) is 0.553. The van der Waals surface area contributed by atoms with Crippen LogP contribution in [-0.2, 0) is 31.7 Å². The molecule has 1 amide bonds. The average molecular weight is 439 g/mol. The monoisotopic (exact) mass is 438 g/mol. The molecule has 1 aliphatic rings. The molecule has 1 aromatic carbocycles. The van der Waals surface area contributed by atoms with Gasteiger partial charge in [0.15, 0.2) is 0 Å². The maximum atomic E-state index is 13.1. The van der Waals surface area contributed by atoms with Crippen LogP contribution in [0.1, 0.15) is 30.9 Å². The number of para-hydroxylation sites is 1. The van der Waals surface area contributed by atoms with Crippen LogP contribution in [-0.4, -0.2) is 32.3 Å². The summed E-state index contributed by atoms with van der Waals surface area (Å²) in [5.74, 6) is 0.237. The molecule has 0 N–H and O–H groups in total. The van der Waals surface area contributed by atoms with Crippen LogP contribution in [0.15, 0.2) is 44.9 Å². The highest BCUT2D eigenvalue weighted by Gasteiger charge is 2.25. The largest absolute Gasteiger partial charge is 0.332 e. The minimum absolute atomic E-state index is 0.0167. The molecule has 0 aliphatic carbocycles. The summed E-state index contributed by atoms with van der Waals surface area (Å²) >= 11 is 1.37. The average Bonchev–Trinajstić information content (AvgIpc) is 3.22. The fourth-order valence-electron chi connectivity index (χ4n) is 4.06. The zero-order valence-electron chi connectivity index (χ0n) is 18.1. The summed E-state index contributed by atoms with van der Waals surface area (Å²) in [6.07, 6.45) is 5.34. The highest BCUT2D eigenvalue weighted by molar-refractivity contribution is 8.00. The van der Waals surface area contributed by atoms with Gasteiger partial charge in [-0.2, -0.15) is 0 Å². The number of aromatic nitrogens is 3. The number of carbonyl (C=O) groups is 1. The molecule has 0 saturated carbocycles. The smallest absolute Gasteiger partial charge is 0.311 e. The van der Waals surface area contributed by atoms with E-state index in [2.05, 4.69) is 18.0 Å². The van der Waals surface area contributed by atoms with E-state index in [-0.39, 0.29) is 17.2 Å². The number of benzene rings is 1. The third kappa shape index (κ3) is 3.80. The fraction of sp³-hybridized carbons (Fsp3) is 0.391. The molecule has 8 heteroatoms. The fourth-order valence-corrected chi connectivity index (χ4v) is 5.15. The second kappa shape index (κ2) is 8.70. The van der Waals surface area contributed by atoms with E-state index in [4.69, 9.17) is 0 Å². The van der Waals surface area contributed by atoms with Crippen molar-refractivity contribution in [2.45, 2.75) is 37.5 Å². The lowest BCUT2D eigenvalue weighted by Gasteiger charge is -2.18. The van der Waals surface area contributed by atoms with Crippen LogP contribution in [0.5, 0.6) is 0 Å². The number of nitrogens with zero attached hydrogens (tertiary/aromatic N) is 4. The number of rotatable bonds is 6. The zero-order chi connectivity index (χ0) is 22.1. The molecule has 0 unspecified atom stereocenters. The Balaban J connectivity index is 1.72. The Labute approximate surface area is 184 Å². The Hall–Kier alpha value is -2.87. The molecule has 0 radical (unpaired) electrons. The van der Waals surface area contributed by atoms with Crippen LogP contribution >= 0.6 is 11.8 Å². The van der Waals surface area contributed by atoms with Gasteiger partial charge in [-0.05, 0) is 36.5 Å². The highest BCUT2D eigenvalue weighted by atomic mass is 32.2. The Morgan fingerprint density at radius 3 is 2.71 bits per heavy atom. The molecular weight excluding hydrogens is 412 g/mol. The van der Waals surface area contributed by atoms with Crippen LogP contribution in [0.2, 0.25) is 0 Å². The molecule has 0 bridgehead atoms. The predicted molar refractivity (Wildman–Crippen MR) is 124 cm³/mol. The summed E-state index contributed by atoms with van der Waals surface area (Å²) in [6, 6.07) is 7.97. The number of pyridine rings is 1. The summed E-state index contributed by atoms with van der Waals surface area (Å²) in [7, 11) is 3.09. The first-order chi connectivity index (χ1) is 14.9. The number of amides is 1. The number of anilines is 1. The van der Waals surface area contributed by atoms with Crippen molar-refractivity contribution in [1.29, 1.82) is 0 Å². The minimum atomic E-state index is -0.410. The second-order valence-electron chi connectivity index (χ2n) is 7.83. The SMILES string of the molecule is CCCCc1cnc2c(c1SCC(=O)N1CCc3ccccc31)c(=O)n(C)c(=O)n2C. The highest BCUT2D eigenvalue weighted by Crippen LogP contribution is 2.32. The van der Waals surface area contributed by atoms with Gasteiger partial charge in [0.05, 0.1) is 11.1 Å². The van der Waals surface area contributed by atoms with Gasteiger partial charge in [0, 0.05) is 37.4 Å². The molecule has 162 valence electrons. The molecule has 0 fully saturated rings. The van der Waals surface area contributed by atoms with E-state index in [9.17, 15) is 14.4 Å². The van der Waals surface area contributed by atoms with Crippen molar-refractivity contribution in [2.24, 2.45) is 14.1 Å².